The Balaban J connectivity index is 4.04. The van der Waals surface area contributed by atoms with Crippen LogP contribution in [0.2, 0.25) is 0 Å². The van der Waals surface area contributed by atoms with Crippen molar-refractivity contribution in [2.75, 3.05) is 13.1 Å². The van der Waals surface area contributed by atoms with Crippen LogP contribution in [0.1, 0.15) is 34.1 Å². The maximum absolute atomic E-state index is 11.1. The first kappa shape index (κ1) is 11.2. The van der Waals surface area contributed by atoms with Crippen molar-refractivity contribution in [1.29, 1.82) is 0 Å². The summed E-state index contributed by atoms with van der Waals surface area (Å²) in [6.45, 7) is 9.39. The fraction of sp³-hybridized carbons (Fsp3) is 0.700. The van der Waals surface area contributed by atoms with Crippen LogP contribution in [-0.4, -0.2) is 23.9 Å². The summed E-state index contributed by atoms with van der Waals surface area (Å²) >= 11 is 0. The van der Waals surface area contributed by atoms with Crippen molar-refractivity contribution in [3.63, 3.8) is 0 Å². The second-order valence-corrected chi connectivity index (χ2v) is 3.08. The Labute approximate surface area is 75.3 Å². The predicted molar refractivity (Wildman–Crippen MR) is 52.0 cm³/mol. The average Bonchev–Trinajstić information content (AvgIpc) is 2.03. The van der Waals surface area contributed by atoms with Gasteiger partial charge in [0.15, 0.2) is 0 Å². The fourth-order valence-corrected chi connectivity index (χ4v) is 1.01. The van der Waals surface area contributed by atoms with Crippen molar-refractivity contribution in [2.45, 2.75) is 34.1 Å². The van der Waals surface area contributed by atoms with Gasteiger partial charge in [-0.3, -0.25) is 4.79 Å². The summed E-state index contributed by atoms with van der Waals surface area (Å²) in [5, 5.41) is 0. The molecule has 70 valence electrons. The number of rotatable bonds is 4. The molecule has 2 nitrogen and oxygen atoms in total. The van der Waals surface area contributed by atoms with Crippen molar-refractivity contribution >= 4 is 5.91 Å². The number of allylic oxidation sites excluding steroid dienone is 1. The van der Waals surface area contributed by atoms with Gasteiger partial charge in [-0.2, -0.15) is 0 Å². The highest BCUT2D eigenvalue weighted by Gasteiger charge is 2.06. The first-order chi connectivity index (χ1) is 5.61. The van der Waals surface area contributed by atoms with E-state index in [0.717, 1.165) is 19.5 Å². The van der Waals surface area contributed by atoms with E-state index in [-0.39, 0.29) is 5.91 Å². The van der Waals surface area contributed by atoms with Gasteiger partial charge in [-0.1, -0.05) is 18.6 Å². The zero-order valence-corrected chi connectivity index (χ0v) is 8.55. The van der Waals surface area contributed by atoms with Crippen LogP contribution in [0, 0.1) is 0 Å². The topological polar surface area (TPSA) is 20.3 Å². The van der Waals surface area contributed by atoms with E-state index in [0.29, 0.717) is 0 Å². The molecule has 0 aliphatic heterocycles. The molecule has 0 aliphatic rings. The Morgan fingerprint density at radius 1 is 1.42 bits per heavy atom. The third-order valence-corrected chi connectivity index (χ3v) is 1.87. The second kappa shape index (κ2) is 5.81. The lowest BCUT2D eigenvalue weighted by molar-refractivity contribution is -0.128. The molecule has 0 rings (SSSR count). The highest BCUT2D eigenvalue weighted by Crippen LogP contribution is 1.99. The first-order valence-corrected chi connectivity index (χ1v) is 4.49. The van der Waals surface area contributed by atoms with Crippen LogP contribution in [0.3, 0.4) is 0 Å². The smallest absolute Gasteiger partial charge is 0.219 e. The molecule has 0 aromatic carbocycles. The summed E-state index contributed by atoms with van der Waals surface area (Å²) in [7, 11) is 0. The van der Waals surface area contributed by atoms with Gasteiger partial charge in [-0.25, -0.2) is 0 Å². The summed E-state index contributed by atoms with van der Waals surface area (Å²) in [4.78, 5) is 13.0. The summed E-state index contributed by atoms with van der Waals surface area (Å²) in [5.41, 5.74) is 1.25. The fourth-order valence-electron chi connectivity index (χ4n) is 1.01. The van der Waals surface area contributed by atoms with Crippen LogP contribution in [0.15, 0.2) is 11.6 Å². The molecule has 0 atom stereocenters. The molecular formula is C10H19NO. The molecule has 0 aliphatic carbocycles. The molecule has 0 radical (unpaired) electrons. The molecule has 12 heavy (non-hydrogen) atoms. The molecular weight excluding hydrogens is 150 g/mol. The van der Waals surface area contributed by atoms with Gasteiger partial charge in [-0.15, -0.1) is 0 Å². The van der Waals surface area contributed by atoms with E-state index in [4.69, 9.17) is 0 Å². The van der Waals surface area contributed by atoms with Crippen LogP contribution < -0.4 is 0 Å². The van der Waals surface area contributed by atoms with E-state index in [1.807, 2.05) is 24.8 Å². The number of carbonyl (C=O) groups is 1. The van der Waals surface area contributed by atoms with E-state index >= 15 is 0 Å². The highest BCUT2D eigenvalue weighted by molar-refractivity contribution is 5.73. The van der Waals surface area contributed by atoms with Gasteiger partial charge >= 0.3 is 0 Å². The van der Waals surface area contributed by atoms with Gasteiger partial charge < -0.3 is 4.90 Å². The monoisotopic (exact) mass is 169 g/mol. The lowest BCUT2D eigenvalue weighted by atomic mass is 10.2. The minimum atomic E-state index is 0.165. The third kappa shape index (κ3) is 4.16. The molecule has 0 unspecified atom stereocenters. The normalized spacial score (nSPS) is 11.5. The summed E-state index contributed by atoms with van der Waals surface area (Å²) in [6.07, 6.45) is 3.07. The quantitative estimate of drug-likeness (QED) is 0.591. The number of hydrogen-bond acceptors (Lipinski definition) is 1. The third-order valence-electron chi connectivity index (χ3n) is 1.87. The Morgan fingerprint density at radius 3 is 2.33 bits per heavy atom. The first-order valence-electron chi connectivity index (χ1n) is 4.49. The Kier molecular flexibility index (Phi) is 5.43. The van der Waals surface area contributed by atoms with Crippen molar-refractivity contribution < 1.29 is 4.79 Å². The van der Waals surface area contributed by atoms with Crippen molar-refractivity contribution in [3.8, 4) is 0 Å². The molecule has 0 N–H and O–H groups in total. The number of nitrogens with zero attached hydrogens (tertiary/aromatic N) is 1. The van der Waals surface area contributed by atoms with E-state index < -0.39 is 0 Å². The number of amides is 1. The van der Waals surface area contributed by atoms with Gasteiger partial charge in [0.1, 0.15) is 0 Å². The maximum Gasteiger partial charge on any atom is 0.219 e. The van der Waals surface area contributed by atoms with Crippen LogP contribution in [0.25, 0.3) is 0 Å². The van der Waals surface area contributed by atoms with E-state index in [1.165, 1.54) is 5.57 Å². The van der Waals surface area contributed by atoms with Crippen LogP contribution in [-0.2, 0) is 4.79 Å². The molecule has 0 fully saturated rings. The second-order valence-electron chi connectivity index (χ2n) is 3.08. The number of hydrogen-bond donors (Lipinski definition) is 0. The summed E-state index contributed by atoms with van der Waals surface area (Å²) in [5.74, 6) is 0.165. The van der Waals surface area contributed by atoms with Gasteiger partial charge in [0, 0.05) is 20.0 Å². The molecule has 0 heterocycles. The minimum absolute atomic E-state index is 0.165. The Morgan fingerprint density at radius 2 is 2.00 bits per heavy atom. The Bertz CT molecular complexity index is 173. The molecule has 1 amide bonds. The minimum Gasteiger partial charge on any atom is -0.339 e. The van der Waals surface area contributed by atoms with Gasteiger partial charge in [-0.05, 0) is 20.3 Å². The zero-order valence-electron chi connectivity index (χ0n) is 8.55. The lowest BCUT2D eigenvalue weighted by Crippen LogP contribution is -2.30. The highest BCUT2D eigenvalue weighted by atomic mass is 16.2. The molecule has 0 saturated heterocycles. The predicted octanol–water partition coefficient (Wildman–Crippen LogP) is 2.21. The standard InChI is InChI=1S/C10H19NO/c1-5-7-11(10(4)12)8-9(3)6-2/h6H,5,7-8H2,1-4H3/b9-6+. The van der Waals surface area contributed by atoms with Crippen molar-refractivity contribution in [2.24, 2.45) is 0 Å². The van der Waals surface area contributed by atoms with Crippen LogP contribution in [0.4, 0.5) is 0 Å². The zero-order chi connectivity index (χ0) is 9.56. The van der Waals surface area contributed by atoms with E-state index in [1.54, 1.807) is 6.92 Å². The van der Waals surface area contributed by atoms with Crippen LogP contribution in [0.5, 0.6) is 0 Å². The van der Waals surface area contributed by atoms with Gasteiger partial charge in [0.2, 0.25) is 5.91 Å². The van der Waals surface area contributed by atoms with Gasteiger partial charge in [0.25, 0.3) is 0 Å². The van der Waals surface area contributed by atoms with Crippen LogP contribution >= 0.6 is 0 Å². The van der Waals surface area contributed by atoms with Crippen molar-refractivity contribution in [3.05, 3.63) is 11.6 Å². The maximum atomic E-state index is 11.1. The summed E-state index contributed by atoms with van der Waals surface area (Å²) in [6, 6.07) is 0. The molecule has 0 aromatic rings. The molecule has 0 saturated carbocycles. The van der Waals surface area contributed by atoms with Gasteiger partial charge in [0.05, 0.1) is 0 Å². The molecule has 0 spiro atoms. The molecule has 0 bridgehead atoms. The average molecular weight is 169 g/mol. The summed E-state index contributed by atoms with van der Waals surface area (Å²) < 4.78 is 0. The van der Waals surface area contributed by atoms with E-state index in [2.05, 4.69) is 6.92 Å². The molecule has 2 heteroatoms. The Hall–Kier alpha value is -0.790. The molecule has 0 aromatic heterocycles. The lowest BCUT2D eigenvalue weighted by Gasteiger charge is -2.20. The number of carbonyl (C=O) groups excluding carboxylic acids is 1. The SMILES string of the molecule is C/C=C(\C)CN(CCC)C(C)=O. The van der Waals surface area contributed by atoms with E-state index in [9.17, 15) is 4.79 Å². The largest absolute Gasteiger partial charge is 0.339 e. The van der Waals surface area contributed by atoms with Crippen molar-refractivity contribution in [1.82, 2.24) is 4.90 Å².